The minimum absolute atomic E-state index is 0.0239. The number of ether oxygens (including phenoxy) is 4. The van der Waals surface area contributed by atoms with Gasteiger partial charge in [0.25, 0.3) is 5.91 Å². The Morgan fingerprint density at radius 3 is 1.91 bits per heavy atom. The maximum atomic E-state index is 14.5. The summed E-state index contributed by atoms with van der Waals surface area (Å²) in [6.07, 6.45) is 2.52. The van der Waals surface area contributed by atoms with Crippen LogP contribution >= 0.6 is 0 Å². The molecule has 186 valence electrons. The summed E-state index contributed by atoms with van der Waals surface area (Å²) >= 11 is 0. The van der Waals surface area contributed by atoms with Crippen LogP contribution in [-0.2, 0) is 38.2 Å². The summed E-state index contributed by atoms with van der Waals surface area (Å²) in [5, 5.41) is 0. The number of benzene rings is 2. The predicted octanol–water partition coefficient (Wildman–Crippen LogP) is 2.34. The molecular formula is C27H33N3O5. The van der Waals surface area contributed by atoms with Crippen LogP contribution in [0.1, 0.15) is 38.2 Å². The number of nitrogens with two attached hydrogens (primary N) is 2. The summed E-state index contributed by atoms with van der Waals surface area (Å²) in [4.78, 5) is 16.3. The van der Waals surface area contributed by atoms with E-state index in [2.05, 4.69) is 6.92 Å². The third-order valence-corrected chi connectivity index (χ3v) is 7.31. The molecule has 4 N–H and O–H groups in total. The van der Waals surface area contributed by atoms with Crippen LogP contribution in [0.3, 0.4) is 0 Å². The third kappa shape index (κ3) is 5.02. The molecule has 4 saturated heterocycles. The van der Waals surface area contributed by atoms with Gasteiger partial charge < -0.3 is 35.3 Å². The number of anilines is 3. The first-order valence-corrected chi connectivity index (χ1v) is 12.5. The van der Waals surface area contributed by atoms with E-state index in [1.54, 1.807) is 0 Å². The second-order valence-corrected chi connectivity index (χ2v) is 10.3. The van der Waals surface area contributed by atoms with Crippen molar-refractivity contribution in [2.45, 2.75) is 57.5 Å². The lowest BCUT2D eigenvalue weighted by molar-refractivity contribution is 0.0982. The van der Waals surface area contributed by atoms with Crippen molar-refractivity contribution < 1.29 is 23.7 Å². The van der Waals surface area contributed by atoms with Crippen molar-refractivity contribution in [1.82, 2.24) is 0 Å². The maximum absolute atomic E-state index is 14.5. The number of nitrogens with zero attached hydrogens (tertiary/aromatic N) is 1. The fourth-order valence-electron chi connectivity index (χ4n) is 5.07. The largest absolute Gasteiger partial charge is 0.399 e. The monoisotopic (exact) mass is 479 g/mol. The third-order valence-electron chi connectivity index (χ3n) is 7.31. The molecule has 4 unspecified atom stereocenters. The molecule has 4 atom stereocenters. The standard InChI is InChI=1S/C27H33N3O5/c1-14-3-16(28)5-17(4-14)30(9-21-13-35-21)27(31)25-22(6-18-10-32-18)15(2)23(7-19-11-33-19)26(29)24(25)8-20-12-34-20/h3-5,18-21H,6-13,28-29H2,1-2H3. The van der Waals surface area contributed by atoms with Gasteiger partial charge in [0.2, 0.25) is 0 Å². The van der Waals surface area contributed by atoms with Gasteiger partial charge in [-0.1, -0.05) is 0 Å². The van der Waals surface area contributed by atoms with E-state index in [0.29, 0.717) is 56.1 Å². The Labute approximate surface area is 205 Å². The molecule has 4 aliphatic rings. The van der Waals surface area contributed by atoms with E-state index in [1.165, 1.54) is 0 Å². The molecule has 35 heavy (non-hydrogen) atoms. The van der Waals surface area contributed by atoms with Crippen LogP contribution in [0, 0.1) is 13.8 Å². The summed E-state index contributed by atoms with van der Waals surface area (Å²) in [6.45, 7) is 7.35. The molecule has 0 saturated carbocycles. The lowest BCUT2D eigenvalue weighted by Gasteiger charge is -2.28. The highest BCUT2D eigenvalue weighted by atomic mass is 16.6. The van der Waals surface area contributed by atoms with Crippen LogP contribution in [0.15, 0.2) is 18.2 Å². The van der Waals surface area contributed by atoms with E-state index in [1.807, 2.05) is 30.0 Å². The van der Waals surface area contributed by atoms with E-state index in [9.17, 15) is 4.79 Å². The lowest BCUT2D eigenvalue weighted by atomic mass is 9.84. The van der Waals surface area contributed by atoms with Gasteiger partial charge in [0.15, 0.2) is 0 Å². The average Bonchev–Trinajstić information content (AvgIpc) is 3.64. The SMILES string of the molecule is Cc1cc(N)cc(N(CC2CO2)C(=O)c2c(CC3CO3)c(C)c(CC3CO3)c(N)c2CC2CO2)c1. The molecule has 2 aromatic carbocycles. The first-order valence-electron chi connectivity index (χ1n) is 12.5. The topological polar surface area (TPSA) is 122 Å². The summed E-state index contributed by atoms with van der Waals surface area (Å²) < 4.78 is 22.3. The van der Waals surface area contributed by atoms with Crippen LogP contribution in [0.4, 0.5) is 17.1 Å². The second kappa shape index (κ2) is 8.78. The van der Waals surface area contributed by atoms with Gasteiger partial charge in [0.1, 0.15) is 0 Å². The van der Waals surface area contributed by atoms with Crippen LogP contribution in [0.25, 0.3) is 0 Å². The molecule has 0 radical (unpaired) electrons. The van der Waals surface area contributed by atoms with Gasteiger partial charge in [-0.2, -0.15) is 0 Å². The number of rotatable bonds is 10. The number of amides is 1. The number of nitrogen functional groups attached to an aromatic ring is 2. The molecule has 4 heterocycles. The molecule has 6 rings (SSSR count). The Hall–Kier alpha value is -2.65. The first kappa shape index (κ1) is 22.8. The van der Waals surface area contributed by atoms with Crippen molar-refractivity contribution >= 4 is 23.0 Å². The fraction of sp³-hybridized carbons (Fsp3) is 0.519. The maximum Gasteiger partial charge on any atom is 0.259 e. The molecule has 0 aliphatic carbocycles. The Morgan fingerprint density at radius 1 is 0.829 bits per heavy atom. The van der Waals surface area contributed by atoms with E-state index >= 15 is 0 Å². The van der Waals surface area contributed by atoms with Crippen molar-refractivity contribution in [2.24, 2.45) is 0 Å². The van der Waals surface area contributed by atoms with E-state index in [4.69, 9.17) is 30.4 Å². The van der Waals surface area contributed by atoms with Crippen molar-refractivity contribution in [3.63, 3.8) is 0 Å². The number of carbonyl (C=O) groups excluding carboxylic acids is 1. The fourth-order valence-corrected chi connectivity index (χ4v) is 5.07. The smallest absolute Gasteiger partial charge is 0.259 e. The average molecular weight is 480 g/mol. The van der Waals surface area contributed by atoms with Crippen molar-refractivity contribution in [3.05, 3.63) is 51.6 Å². The molecule has 8 nitrogen and oxygen atoms in total. The Morgan fingerprint density at radius 2 is 1.37 bits per heavy atom. The quantitative estimate of drug-likeness (QED) is 0.396. The van der Waals surface area contributed by atoms with Crippen molar-refractivity contribution in [1.29, 1.82) is 0 Å². The molecule has 0 aromatic heterocycles. The van der Waals surface area contributed by atoms with Gasteiger partial charge >= 0.3 is 0 Å². The highest BCUT2D eigenvalue weighted by Crippen LogP contribution is 2.38. The number of aryl methyl sites for hydroxylation is 1. The van der Waals surface area contributed by atoms with Crippen LogP contribution in [-0.4, -0.2) is 63.3 Å². The van der Waals surface area contributed by atoms with Crippen LogP contribution in [0.5, 0.6) is 0 Å². The zero-order chi connectivity index (χ0) is 24.3. The van der Waals surface area contributed by atoms with Crippen molar-refractivity contribution in [3.8, 4) is 0 Å². The number of hydrogen-bond acceptors (Lipinski definition) is 7. The van der Waals surface area contributed by atoms with E-state index in [0.717, 1.165) is 46.5 Å². The molecule has 2 aromatic rings. The predicted molar refractivity (Wildman–Crippen MR) is 133 cm³/mol. The van der Waals surface area contributed by atoms with Gasteiger partial charge in [-0.3, -0.25) is 4.79 Å². The molecular weight excluding hydrogens is 446 g/mol. The highest BCUT2D eigenvalue weighted by molar-refractivity contribution is 6.09. The molecule has 8 heteroatoms. The van der Waals surface area contributed by atoms with Crippen LogP contribution in [0.2, 0.25) is 0 Å². The minimum atomic E-state index is -0.0687. The zero-order valence-corrected chi connectivity index (χ0v) is 20.3. The number of hydrogen-bond donors (Lipinski definition) is 2. The van der Waals surface area contributed by atoms with Gasteiger partial charge in [-0.05, 0) is 59.9 Å². The number of carbonyl (C=O) groups is 1. The van der Waals surface area contributed by atoms with E-state index < -0.39 is 0 Å². The molecule has 0 spiro atoms. The van der Waals surface area contributed by atoms with Gasteiger partial charge in [-0.25, -0.2) is 0 Å². The van der Waals surface area contributed by atoms with Crippen molar-refractivity contribution in [2.75, 3.05) is 49.3 Å². The van der Waals surface area contributed by atoms with E-state index in [-0.39, 0.29) is 30.3 Å². The molecule has 1 amide bonds. The second-order valence-electron chi connectivity index (χ2n) is 10.3. The highest BCUT2D eigenvalue weighted by Gasteiger charge is 2.38. The normalized spacial score (nSPS) is 25.9. The molecule has 0 bridgehead atoms. The zero-order valence-electron chi connectivity index (χ0n) is 20.3. The van der Waals surface area contributed by atoms with Gasteiger partial charge in [-0.15, -0.1) is 0 Å². The van der Waals surface area contributed by atoms with Gasteiger partial charge in [0, 0.05) is 41.9 Å². The minimum Gasteiger partial charge on any atom is -0.399 e. The number of epoxide rings is 4. The van der Waals surface area contributed by atoms with Crippen LogP contribution < -0.4 is 16.4 Å². The summed E-state index contributed by atoms with van der Waals surface area (Å²) in [6, 6.07) is 5.76. The summed E-state index contributed by atoms with van der Waals surface area (Å²) in [5.74, 6) is -0.0687. The Kier molecular flexibility index (Phi) is 5.72. The lowest BCUT2D eigenvalue weighted by Crippen LogP contribution is -2.36. The summed E-state index contributed by atoms with van der Waals surface area (Å²) in [7, 11) is 0. The molecule has 4 aliphatic heterocycles. The summed E-state index contributed by atoms with van der Waals surface area (Å²) in [5.41, 5.74) is 20.9. The molecule has 4 fully saturated rings. The Balaban J connectivity index is 1.49. The Bertz CT molecular complexity index is 1100. The first-order chi connectivity index (χ1) is 16.9. The van der Waals surface area contributed by atoms with Gasteiger partial charge in [0.05, 0.1) is 57.4 Å².